The summed E-state index contributed by atoms with van der Waals surface area (Å²) in [6.45, 7) is 2.00. The first kappa shape index (κ1) is 13.0. The molecule has 92 valence electrons. The van der Waals surface area contributed by atoms with E-state index in [1.807, 2.05) is 6.92 Å². The van der Waals surface area contributed by atoms with Gasteiger partial charge in [-0.15, -0.1) is 0 Å². The normalized spacial score (nSPS) is 9.76. The topological polar surface area (TPSA) is 75.6 Å². The SMILES string of the molecule is COC(=O)CCNC(=O)c1cc(C)ccc1O. The number of phenols is 1. The van der Waals surface area contributed by atoms with Crippen molar-refractivity contribution in [3.63, 3.8) is 0 Å². The lowest BCUT2D eigenvalue weighted by Crippen LogP contribution is -2.26. The van der Waals surface area contributed by atoms with Crippen molar-refractivity contribution in [2.45, 2.75) is 13.3 Å². The molecule has 0 saturated carbocycles. The van der Waals surface area contributed by atoms with Gasteiger partial charge in [-0.25, -0.2) is 0 Å². The molecule has 0 radical (unpaired) electrons. The number of benzene rings is 1. The van der Waals surface area contributed by atoms with Gasteiger partial charge in [0.25, 0.3) is 5.91 Å². The maximum Gasteiger partial charge on any atom is 0.307 e. The highest BCUT2D eigenvalue weighted by atomic mass is 16.5. The molecule has 1 rings (SSSR count). The Morgan fingerprint density at radius 2 is 2.12 bits per heavy atom. The fourth-order valence-electron chi connectivity index (χ4n) is 1.31. The molecule has 0 atom stereocenters. The first-order chi connectivity index (χ1) is 8.04. The number of methoxy groups -OCH3 is 1. The minimum Gasteiger partial charge on any atom is -0.507 e. The maximum atomic E-state index is 11.7. The zero-order chi connectivity index (χ0) is 12.8. The molecule has 0 aliphatic carbocycles. The molecule has 0 heterocycles. The Hall–Kier alpha value is -2.04. The predicted octanol–water partition coefficient (Wildman–Crippen LogP) is 0.994. The number of hydrogen-bond acceptors (Lipinski definition) is 4. The minimum atomic E-state index is -0.407. The highest BCUT2D eigenvalue weighted by molar-refractivity contribution is 5.97. The minimum absolute atomic E-state index is 0.0776. The van der Waals surface area contributed by atoms with Crippen LogP contribution in [0.25, 0.3) is 0 Å². The van der Waals surface area contributed by atoms with Crippen LogP contribution in [0.15, 0.2) is 18.2 Å². The molecular formula is C12H15NO4. The quantitative estimate of drug-likeness (QED) is 0.766. The fourth-order valence-corrected chi connectivity index (χ4v) is 1.31. The van der Waals surface area contributed by atoms with E-state index in [9.17, 15) is 14.7 Å². The van der Waals surface area contributed by atoms with E-state index < -0.39 is 11.9 Å². The van der Waals surface area contributed by atoms with Gasteiger partial charge in [-0.2, -0.15) is 0 Å². The largest absolute Gasteiger partial charge is 0.507 e. The molecule has 17 heavy (non-hydrogen) atoms. The van der Waals surface area contributed by atoms with Gasteiger partial charge in [0.1, 0.15) is 5.75 Å². The van der Waals surface area contributed by atoms with Crippen LogP contribution in [-0.2, 0) is 9.53 Å². The van der Waals surface area contributed by atoms with Gasteiger partial charge < -0.3 is 15.2 Å². The molecule has 0 spiro atoms. The number of esters is 1. The Bertz CT molecular complexity index is 429. The van der Waals surface area contributed by atoms with Gasteiger partial charge in [0, 0.05) is 6.54 Å². The molecule has 5 nitrogen and oxygen atoms in total. The number of ether oxygens (including phenoxy) is 1. The van der Waals surface area contributed by atoms with Crippen LogP contribution in [0, 0.1) is 6.92 Å². The van der Waals surface area contributed by atoms with E-state index in [1.54, 1.807) is 12.1 Å². The monoisotopic (exact) mass is 237 g/mol. The molecule has 1 amide bonds. The number of aromatic hydroxyl groups is 1. The number of carbonyl (C=O) groups excluding carboxylic acids is 2. The molecule has 0 aliphatic rings. The van der Waals surface area contributed by atoms with E-state index in [-0.39, 0.29) is 24.3 Å². The van der Waals surface area contributed by atoms with Crippen LogP contribution in [0.2, 0.25) is 0 Å². The molecule has 0 aromatic heterocycles. The second-order valence-electron chi connectivity index (χ2n) is 3.60. The Balaban J connectivity index is 2.58. The van der Waals surface area contributed by atoms with Gasteiger partial charge in [0.05, 0.1) is 19.1 Å². The molecule has 1 aromatic carbocycles. The maximum absolute atomic E-state index is 11.7. The van der Waals surface area contributed by atoms with Crippen LogP contribution in [0.4, 0.5) is 0 Å². The van der Waals surface area contributed by atoms with Crippen molar-refractivity contribution in [2.75, 3.05) is 13.7 Å². The Morgan fingerprint density at radius 1 is 1.41 bits per heavy atom. The number of aryl methyl sites for hydroxylation is 1. The van der Waals surface area contributed by atoms with Crippen molar-refractivity contribution in [3.8, 4) is 5.75 Å². The average Bonchev–Trinajstić information content (AvgIpc) is 2.31. The van der Waals surface area contributed by atoms with Crippen molar-refractivity contribution in [3.05, 3.63) is 29.3 Å². The number of carbonyl (C=O) groups is 2. The molecule has 0 unspecified atom stereocenters. The predicted molar refractivity (Wildman–Crippen MR) is 61.8 cm³/mol. The lowest BCUT2D eigenvalue weighted by Gasteiger charge is -2.07. The average molecular weight is 237 g/mol. The molecular weight excluding hydrogens is 222 g/mol. The summed E-state index contributed by atoms with van der Waals surface area (Å²) in [7, 11) is 1.29. The summed E-state index contributed by atoms with van der Waals surface area (Å²) >= 11 is 0. The van der Waals surface area contributed by atoms with Crippen molar-refractivity contribution in [1.29, 1.82) is 0 Å². The number of nitrogens with one attached hydrogen (secondary N) is 1. The molecule has 0 bridgehead atoms. The summed E-state index contributed by atoms with van der Waals surface area (Å²) < 4.78 is 4.44. The van der Waals surface area contributed by atoms with Gasteiger partial charge in [-0.1, -0.05) is 11.6 Å². The zero-order valence-electron chi connectivity index (χ0n) is 9.82. The molecule has 0 fully saturated rings. The van der Waals surface area contributed by atoms with Gasteiger partial charge in [0.15, 0.2) is 0 Å². The van der Waals surface area contributed by atoms with E-state index in [0.717, 1.165) is 5.56 Å². The highest BCUT2D eigenvalue weighted by Crippen LogP contribution is 2.17. The van der Waals surface area contributed by atoms with Crippen molar-refractivity contribution in [1.82, 2.24) is 5.32 Å². The Morgan fingerprint density at radius 3 is 2.76 bits per heavy atom. The molecule has 1 aromatic rings. The number of rotatable bonds is 4. The van der Waals surface area contributed by atoms with E-state index in [0.29, 0.717) is 0 Å². The van der Waals surface area contributed by atoms with Gasteiger partial charge in [-0.3, -0.25) is 9.59 Å². The molecule has 0 aliphatic heterocycles. The summed E-state index contributed by atoms with van der Waals surface area (Å²) in [6, 6.07) is 4.76. The van der Waals surface area contributed by atoms with E-state index >= 15 is 0 Å². The number of hydrogen-bond donors (Lipinski definition) is 2. The number of amides is 1. The van der Waals surface area contributed by atoms with Crippen LogP contribution < -0.4 is 5.32 Å². The third-order valence-corrected chi connectivity index (χ3v) is 2.24. The smallest absolute Gasteiger partial charge is 0.307 e. The van der Waals surface area contributed by atoms with E-state index in [1.165, 1.54) is 13.2 Å². The summed E-state index contributed by atoms with van der Waals surface area (Å²) in [5.41, 5.74) is 1.08. The number of phenolic OH excluding ortho intramolecular Hbond substituents is 1. The van der Waals surface area contributed by atoms with E-state index in [2.05, 4.69) is 10.1 Å². The van der Waals surface area contributed by atoms with Crippen LogP contribution >= 0.6 is 0 Å². The van der Waals surface area contributed by atoms with Crippen LogP contribution in [0.3, 0.4) is 0 Å². The third-order valence-electron chi connectivity index (χ3n) is 2.24. The van der Waals surface area contributed by atoms with Gasteiger partial charge in [0.2, 0.25) is 0 Å². The molecule has 0 saturated heterocycles. The zero-order valence-corrected chi connectivity index (χ0v) is 9.82. The first-order valence-corrected chi connectivity index (χ1v) is 5.19. The summed E-state index contributed by atoms with van der Waals surface area (Å²) in [5, 5.41) is 12.0. The first-order valence-electron chi connectivity index (χ1n) is 5.19. The van der Waals surface area contributed by atoms with Crippen molar-refractivity contribution >= 4 is 11.9 Å². The lowest BCUT2D eigenvalue weighted by atomic mass is 10.1. The second kappa shape index (κ2) is 5.89. The Kier molecular flexibility index (Phi) is 4.51. The standard InChI is InChI=1S/C12H15NO4/c1-8-3-4-10(14)9(7-8)12(16)13-6-5-11(15)17-2/h3-4,7,14H,5-6H2,1-2H3,(H,13,16). The molecule has 5 heteroatoms. The van der Waals surface area contributed by atoms with Gasteiger partial charge >= 0.3 is 5.97 Å². The summed E-state index contributed by atoms with van der Waals surface area (Å²) in [6.07, 6.45) is 0.106. The third kappa shape index (κ3) is 3.79. The van der Waals surface area contributed by atoms with Crippen LogP contribution in [-0.4, -0.2) is 30.6 Å². The fraction of sp³-hybridized carbons (Fsp3) is 0.333. The van der Waals surface area contributed by atoms with Gasteiger partial charge in [-0.05, 0) is 19.1 Å². The molecule has 2 N–H and O–H groups in total. The van der Waals surface area contributed by atoms with Crippen LogP contribution in [0.5, 0.6) is 5.75 Å². The summed E-state index contributed by atoms with van der Waals surface area (Å²) in [4.78, 5) is 22.5. The van der Waals surface area contributed by atoms with Crippen molar-refractivity contribution < 1.29 is 19.4 Å². The second-order valence-corrected chi connectivity index (χ2v) is 3.60. The van der Waals surface area contributed by atoms with E-state index in [4.69, 9.17) is 0 Å². The summed E-state index contributed by atoms with van der Waals surface area (Å²) in [5.74, 6) is -0.875. The highest BCUT2D eigenvalue weighted by Gasteiger charge is 2.11. The Labute approximate surface area is 99.4 Å². The lowest BCUT2D eigenvalue weighted by molar-refractivity contribution is -0.140. The van der Waals surface area contributed by atoms with Crippen molar-refractivity contribution in [2.24, 2.45) is 0 Å². The van der Waals surface area contributed by atoms with Crippen LogP contribution in [0.1, 0.15) is 22.3 Å².